The zero-order valence-corrected chi connectivity index (χ0v) is 21.4. The summed E-state index contributed by atoms with van der Waals surface area (Å²) >= 11 is 6.39. The van der Waals surface area contributed by atoms with Gasteiger partial charge in [-0.1, -0.05) is 61.8 Å². The molecule has 1 heterocycles. The summed E-state index contributed by atoms with van der Waals surface area (Å²) in [4.78, 5) is 29.2. The largest absolute Gasteiger partial charge is 0.482 e. The predicted octanol–water partition coefficient (Wildman–Crippen LogP) is 4.33. The predicted molar refractivity (Wildman–Crippen MR) is 137 cm³/mol. The topological polar surface area (TPSA) is 61.9 Å². The number of rotatable bonds is 9. The minimum atomic E-state index is -0.0887. The number of carbonyl (C=O) groups excluding carboxylic acids is 2. The molecule has 2 aromatic rings. The van der Waals surface area contributed by atoms with Crippen LogP contribution < -0.4 is 10.1 Å². The van der Waals surface area contributed by atoms with Crippen molar-refractivity contribution in [2.45, 2.75) is 26.7 Å². The first kappa shape index (κ1) is 26.0. The lowest BCUT2D eigenvalue weighted by atomic mass is 9.91. The lowest BCUT2D eigenvalue weighted by molar-refractivity contribution is -0.137. The molecule has 0 atom stereocenters. The number of piperidine rings is 1. The van der Waals surface area contributed by atoms with Gasteiger partial charge in [0.05, 0.1) is 5.02 Å². The highest BCUT2D eigenvalue weighted by molar-refractivity contribution is 6.32. The molecule has 1 N–H and O–H groups in total. The first-order valence-electron chi connectivity index (χ1n) is 11.8. The molecule has 3 rings (SSSR count). The van der Waals surface area contributed by atoms with Gasteiger partial charge in [0.1, 0.15) is 5.75 Å². The molecule has 1 aliphatic heterocycles. The van der Waals surface area contributed by atoms with Crippen molar-refractivity contribution in [3.8, 4) is 16.9 Å². The maximum atomic E-state index is 12.7. The molecule has 34 heavy (non-hydrogen) atoms. The summed E-state index contributed by atoms with van der Waals surface area (Å²) in [6.45, 7) is 6.89. The summed E-state index contributed by atoms with van der Waals surface area (Å²) in [5, 5.41) is 3.58. The second-order valence-corrected chi connectivity index (χ2v) is 10.5. The Morgan fingerprint density at radius 1 is 1.09 bits per heavy atom. The molecule has 184 valence electrons. The summed E-state index contributed by atoms with van der Waals surface area (Å²) in [6, 6.07) is 15.5. The Labute approximate surface area is 208 Å². The highest BCUT2D eigenvalue weighted by Gasteiger charge is 2.29. The van der Waals surface area contributed by atoms with E-state index in [1.54, 1.807) is 11.0 Å². The van der Waals surface area contributed by atoms with Gasteiger partial charge in [-0.3, -0.25) is 9.59 Å². The minimum absolute atomic E-state index is 0.00768. The van der Waals surface area contributed by atoms with Crippen molar-refractivity contribution in [2.24, 2.45) is 11.3 Å². The van der Waals surface area contributed by atoms with E-state index in [1.165, 1.54) is 0 Å². The molecule has 0 saturated carbocycles. The van der Waals surface area contributed by atoms with E-state index in [1.807, 2.05) is 56.6 Å². The molecule has 0 spiro atoms. The smallest absolute Gasteiger partial charge is 0.260 e. The number of nitrogens with zero attached hydrogens (tertiary/aromatic N) is 2. The van der Waals surface area contributed by atoms with Crippen molar-refractivity contribution in [3.63, 3.8) is 0 Å². The maximum absolute atomic E-state index is 12.7. The normalized spacial score (nSPS) is 14.8. The third-order valence-corrected chi connectivity index (χ3v) is 6.39. The summed E-state index contributed by atoms with van der Waals surface area (Å²) in [6.07, 6.45) is 1.33. The number of likely N-dealkylation sites (tertiary alicyclic amines) is 1. The average Bonchev–Trinajstić information content (AvgIpc) is 2.81. The Kier molecular flexibility index (Phi) is 8.97. The Hall–Kier alpha value is -2.57. The van der Waals surface area contributed by atoms with E-state index in [9.17, 15) is 9.59 Å². The molecule has 6 nitrogen and oxygen atoms in total. The molecular formula is C27H36ClN3O3. The Morgan fingerprint density at radius 2 is 1.76 bits per heavy atom. The Bertz CT molecular complexity index is 970. The van der Waals surface area contributed by atoms with E-state index < -0.39 is 0 Å². The fourth-order valence-electron chi connectivity index (χ4n) is 4.43. The number of carbonyl (C=O) groups is 2. The molecule has 0 aromatic heterocycles. The van der Waals surface area contributed by atoms with Crippen LogP contribution in [-0.2, 0) is 9.59 Å². The number of nitrogens with one attached hydrogen (secondary N) is 1. The first-order valence-corrected chi connectivity index (χ1v) is 12.2. The molecule has 1 saturated heterocycles. The third-order valence-electron chi connectivity index (χ3n) is 6.09. The SMILES string of the molecule is CN(C)CC(C)(C)CNC(=O)C1CCN(C(=O)COc2ccc(-c3ccccc3)cc2Cl)CC1. The highest BCUT2D eigenvalue weighted by atomic mass is 35.5. The van der Waals surface area contributed by atoms with Gasteiger partial charge in [-0.15, -0.1) is 0 Å². The second kappa shape index (κ2) is 11.7. The van der Waals surface area contributed by atoms with E-state index in [2.05, 4.69) is 24.1 Å². The van der Waals surface area contributed by atoms with Gasteiger partial charge in [0.2, 0.25) is 5.91 Å². The van der Waals surface area contributed by atoms with Crippen LogP contribution in [0.2, 0.25) is 5.02 Å². The monoisotopic (exact) mass is 485 g/mol. The lowest BCUT2D eigenvalue weighted by Crippen LogP contribution is -2.46. The molecule has 0 aliphatic carbocycles. The quantitative estimate of drug-likeness (QED) is 0.574. The Balaban J connectivity index is 1.44. The Morgan fingerprint density at radius 3 is 2.38 bits per heavy atom. The number of halogens is 1. The van der Waals surface area contributed by atoms with Crippen molar-refractivity contribution in [1.29, 1.82) is 0 Å². The molecule has 2 aromatic carbocycles. The van der Waals surface area contributed by atoms with Crippen molar-refractivity contribution < 1.29 is 14.3 Å². The van der Waals surface area contributed by atoms with Gasteiger partial charge >= 0.3 is 0 Å². The van der Waals surface area contributed by atoms with E-state index in [0.717, 1.165) is 17.7 Å². The number of hydrogen-bond acceptors (Lipinski definition) is 4. The second-order valence-electron chi connectivity index (χ2n) is 10.1. The van der Waals surface area contributed by atoms with Crippen LogP contribution in [0.1, 0.15) is 26.7 Å². The van der Waals surface area contributed by atoms with E-state index in [0.29, 0.717) is 43.2 Å². The van der Waals surface area contributed by atoms with Crippen LogP contribution in [0.15, 0.2) is 48.5 Å². The zero-order chi connectivity index (χ0) is 24.7. The average molecular weight is 486 g/mol. The molecule has 1 aliphatic rings. The van der Waals surface area contributed by atoms with Crippen molar-refractivity contribution in [2.75, 3.05) is 46.9 Å². The number of ether oxygens (including phenoxy) is 1. The lowest BCUT2D eigenvalue weighted by Gasteiger charge is -2.33. The summed E-state index contributed by atoms with van der Waals surface area (Å²) in [5.74, 6) is 0.430. The van der Waals surface area contributed by atoms with E-state index in [4.69, 9.17) is 16.3 Å². The zero-order valence-electron chi connectivity index (χ0n) is 20.6. The minimum Gasteiger partial charge on any atom is -0.482 e. The molecule has 0 radical (unpaired) electrons. The first-order chi connectivity index (χ1) is 16.1. The van der Waals surface area contributed by atoms with Crippen LogP contribution in [0.5, 0.6) is 5.75 Å². The standard InChI is InChI=1S/C27H36ClN3O3/c1-27(2,19-30(3)4)18-29-26(33)21-12-14-31(15-13-21)25(32)17-34-24-11-10-22(16-23(24)28)20-8-6-5-7-9-20/h5-11,16,21H,12-15,17-19H2,1-4H3,(H,29,33). The summed E-state index contributed by atoms with van der Waals surface area (Å²) in [5.41, 5.74) is 2.07. The fraction of sp³-hybridized carbons (Fsp3) is 0.481. The molecule has 7 heteroatoms. The van der Waals surface area contributed by atoms with E-state index in [-0.39, 0.29) is 29.8 Å². The van der Waals surface area contributed by atoms with Crippen molar-refractivity contribution in [3.05, 3.63) is 53.6 Å². The number of hydrogen-bond donors (Lipinski definition) is 1. The van der Waals surface area contributed by atoms with Gasteiger partial charge in [-0.25, -0.2) is 0 Å². The van der Waals surface area contributed by atoms with Gasteiger partial charge in [0.15, 0.2) is 6.61 Å². The van der Waals surface area contributed by atoms with Crippen LogP contribution in [0.4, 0.5) is 0 Å². The number of amides is 2. The number of benzene rings is 2. The maximum Gasteiger partial charge on any atom is 0.260 e. The van der Waals surface area contributed by atoms with Crippen molar-refractivity contribution >= 4 is 23.4 Å². The van der Waals surface area contributed by atoms with Crippen molar-refractivity contribution in [1.82, 2.24) is 15.1 Å². The van der Waals surface area contributed by atoms with Crippen LogP contribution in [0.3, 0.4) is 0 Å². The summed E-state index contributed by atoms with van der Waals surface area (Å²) < 4.78 is 5.72. The summed E-state index contributed by atoms with van der Waals surface area (Å²) in [7, 11) is 4.07. The third kappa shape index (κ3) is 7.47. The molecule has 1 fully saturated rings. The van der Waals surface area contributed by atoms with Crippen LogP contribution >= 0.6 is 11.6 Å². The van der Waals surface area contributed by atoms with Gasteiger partial charge in [-0.05, 0) is 55.6 Å². The highest BCUT2D eigenvalue weighted by Crippen LogP contribution is 2.30. The fourth-order valence-corrected chi connectivity index (χ4v) is 4.67. The molecule has 2 amide bonds. The van der Waals surface area contributed by atoms with Gasteiger partial charge in [0, 0.05) is 32.1 Å². The molecule has 0 bridgehead atoms. The van der Waals surface area contributed by atoms with Gasteiger partial charge in [-0.2, -0.15) is 0 Å². The van der Waals surface area contributed by atoms with Gasteiger partial charge < -0.3 is 19.9 Å². The van der Waals surface area contributed by atoms with E-state index >= 15 is 0 Å². The molecule has 0 unspecified atom stereocenters. The molecular weight excluding hydrogens is 450 g/mol. The van der Waals surface area contributed by atoms with Gasteiger partial charge in [0.25, 0.3) is 5.91 Å². The van der Waals surface area contributed by atoms with Crippen LogP contribution in [0, 0.1) is 11.3 Å². The van der Waals surface area contributed by atoms with Crippen LogP contribution in [0.25, 0.3) is 11.1 Å². The van der Waals surface area contributed by atoms with Crippen LogP contribution in [-0.4, -0.2) is 68.5 Å².